The number of nitrogens with one attached hydrogen (secondary N) is 1. The number of nitrogens with zero attached hydrogens (tertiary/aromatic N) is 2. The molecule has 1 atom stereocenters. The Hall–Kier alpha value is -2.86. The molecule has 1 N–H and O–H groups in total. The predicted molar refractivity (Wildman–Crippen MR) is 117 cm³/mol. The molecule has 1 unspecified atom stereocenters. The summed E-state index contributed by atoms with van der Waals surface area (Å²) in [7, 11) is 0. The second-order valence-electron chi connectivity index (χ2n) is 6.44. The normalized spacial score (nSPS) is 11.8. The van der Waals surface area contributed by atoms with E-state index in [9.17, 15) is 4.79 Å². The third kappa shape index (κ3) is 4.65. The first-order chi connectivity index (χ1) is 14.5. The molecular formula is C22H14Cl3N3O2. The van der Waals surface area contributed by atoms with Gasteiger partial charge in [0, 0.05) is 26.2 Å². The molecule has 0 fully saturated rings. The summed E-state index contributed by atoms with van der Waals surface area (Å²) in [5.41, 5.74) is 1.79. The molecule has 3 aromatic carbocycles. The smallest absolute Gasteiger partial charge is 0.254 e. The molecule has 0 aliphatic rings. The minimum absolute atomic E-state index is 0.220. The van der Waals surface area contributed by atoms with E-state index in [1.807, 2.05) is 36.4 Å². The minimum atomic E-state index is -0.723. The zero-order valence-electron chi connectivity index (χ0n) is 15.4. The lowest BCUT2D eigenvalue weighted by molar-refractivity contribution is 0.0936. The molecule has 1 heterocycles. The largest absolute Gasteiger partial charge is 0.336 e. The van der Waals surface area contributed by atoms with E-state index < -0.39 is 11.9 Å². The quantitative estimate of drug-likeness (QED) is 0.386. The summed E-state index contributed by atoms with van der Waals surface area (Å²) in [6.45, 7) is 0. The molecule has 0 aliphatic heterocycles. The molecule has 8 heteroatoms. The van der Waals surface area contributed by atoms with E-state index in [4.69, 9.17) is 39.3 Å². The molecule has 4 aromatic rings. The fourth-order valence-electron chi connectivity index (χ4n) is 2.93. The van der Waals surface area contributed by atoms with Crippen LogP contribution in [0.2, 0.25) is 15.1 Å². The molecule has 1 amide bonds. The van der Waals surface area contributed by atoms with Gasteiger partial charge in [-0.15, -0.1) is 0 Å². The van der Waals surface area contributed by atoms with Crippen LogP contribution in [0.15, 0.2) is 77.3 Å². The van der Waals surface area contributed by atoms with Crippen molar-refractivity contribution in [2.45, 2.75) is 6.04 Å². The van der Waals surface area contributed by atoms with E-state index in [1.54, 1.807) is 24.3 Å². The van der Waals surface area contributed by atoms with Crippen LogP contribution >= 0.6 is 34.8 Å². The fraction of sp³-hybridized carbons (Fsp3) is 0.0455. The maximum absolute atomic E-state index is 12.9. The molecule has 0 spiro atoms. The van der Waals surface area contributed by atoms with Crippen LogP contribution in [-0.2, 0) is 0 Å². The summed E-state index contributed by atoms with van der Waals surface area (Å²) in [5.74, 6) is 0.235. The average Bonchev–Trinajstić information content (AvgIpc) is 3.21. The van der Waals surface area contributed by atoms with Gasteiger partial charge in [0.15, 0.2) is 0 Å². The lowest BCUT2D eigenvalue weighted by Gasteiger charge is -2.16. The van der Waals surface area contributed by atoms with Crippen molar-refractivity contribution in [3.8, 4) is 11.4 Å². The topological polar surface area (TPSA) is 68.0 Å². The first-order valence-electron chi connectivity index (χ1n) is 8.91. The number of carbonyl (C=O) groups is 1. The van der Waals surface area contributed by atoms with Crippen molar-refractivity contribution in [1.82, 2.24) is 15.5 Å². The number of aromatic nitrogens is 2. The standard InChI is InChI=1S/C22H14Cl3N3O2/c23-16-8-4-7-14(9-16)19(26-21(29)15-10-17(24)12-18(25)11-15)22-27-20(28-30-22)13-5-2-1-3-6-13/h1-12,19H,(H,26,29). The van der Waals surface area contributed by atoms with Crippen molar-refractivity contribution in [2.24, 2.45) is 0 Å². The highest BCUT2D eigenvalue weighted by molar-refractivity contribution is 6.35. The Kier molecular flexibility index (Phi) is 6.04. The number of amides is 1. The van der Waals surface area contributed by atoms with Gasteiger partial charge in [0.25, 0.3) is 11.8 Å². The summed E-state index contributed by atoms with van der Waals surface area (Å²) >= 11 is 18.2. The van der Waals surface area contributed by atoms with Crippen molar-refractivity contribution in [1.29, 1.82) is 0 Å². The molecule has 1 aromatic heterocycles. The van der Waals surface area contributed by atoms with E-state index in [1.165, 1.54) is 12.1 Å². The van der Waals surface area contributed by atoms with E-state index in [2.05, 4.69) is 15.5 Å². The van der Waals surface area contributed by atoms with Crippen LogP contribution in [0.1, 0.15) is 27.9 Å². The Balaban J connectivity index is 1.70. The molecule has 0 aliphatic carbocycles. The minimum Gasteiger partial charge on any atom is -0.336 e. The van der Waals surface area contributed by atoms with Gasteiger partial charge in [0.05, 0.1) is 0 Å². The van der Waals surface area contributed by atoms with E-state index in [0.717, 1.165) is 5.56 Å². The van der Waals surface area contributed by atoms with Crippen LogP contribution in [0.4, 0.5) is 0 Å². The van der Waals surface area contributed by atoms with Crippen LogP contribution in [0.25, 0.3) is 11.4 Å². The molecule has 4 rings (SSSR count). The van der Waals surface area contributed by atoms with Gasteiger partial charge in [0.1, 0.15) is 6.04 Å². The van der Waals surface area contributed by atoms with Crippen LogP contribution < -0.4 is 5.32 Å². The lowest BCUT2D eigenvalue weighted by Crippen LogP contribution is -2.29. The van der Waals surface area contributed by atoms with Gasteiger partial charge >= 0.3 is 0 Å². The highest BCUT2D eigenvalue weighted by atomic mass is 35.5. The van der Waals surface area contributed by atoms with Gasteiger partial charge in [-0.2, -0.15) is 4.98 Å². The average molecular weight is 459 g/mol. The maximum atomic E-state index is 12.9. The summed E-state index contributed by atoms with van der Waals surface area (Å²) in [6, 6.07) is 20.3. The second kappa shape index (κ2) is 8.88. The zero-order valence-corrected chi connectivity index (χ0v) is 17.6. The number of hydrogen-bond donors (Lipinski definition) is 1. The third-order valence-electron chi connectivity index (χ3n) is 4.30. The van der Waals surface area contributed by atoms with Crippen molar-refractivity contribution in [3.05, 3.63) is 105 Å². The van der Waals surface area contributed by atoms with Crippen molar-refractivity contribution < 1.29 is 9.32 Å². The zero-order chi connectivity index (χ0) is 21.1. The number of halogens is 3. The summed E-state index contributed by atoms with van der Waals surface area (Å²) < 4.78 is 5.49. The third-order valence-corrected chi connectivity index (χ3v) is 4.97. The Labute approximate surface area is 187 Å². The Morgan fingerprint density at radius 2 is 1.60 bits per heavy atom. The van der Waals surface area contributed by atoms with Gasteiger partial charge in [-0.25, -0.2) is 0 Å². The monoisotopic (exact) mass is 457 g/mol. The Morgan fingerprint density at radius 3 is 2.30 bits per heavy atom. The fourth-order valence-corrected chi connectivity index (χ4v) is 3.65. The van der Waals surface area contributed by atoms with Crippen LogP contribution in [0.5, 0.6) is 0 Å². The number of benzene rings is 3. The summed E-state index contributed by atoms with van der Waals surface area (Å²) in [5, 5.41) is 8.18. The summed E-state index contributed by atoms with van der Waals surface area (Å²) in [6.07, 6.45) is 0. The number of carbonyl (C=O) groups excluding carboxylic acids is 1. The maximum Gasteiger partial charge on any atom is 0.254 e. The molecule has 5 nitrogen and oxygen atoms in total. The van der Waals surface area contributed by atoms with Crippen LogP contribution in [0.3, 0.4) is 0 Å². The molecule has 0 radical (unpaired) electrons. The summed E-state index contributed by atoms with van der Waals surface area (Å²) in [4.78, 5) is 17.4. The van der Waals surface area contributed by atoms with E-state index in [-0.39, 0.29) is 5.89 Å². The number of rotatable bonds is 5. The van der Waals surface area contributed by atoms with Crippen molar-refractivity contribution in [3.63, 3.8) is 0 Å². The van der Waals surface area contributed by atoms with Crippen molar-refractivity contribution >= 4 is 40.7 Å². The first kappa shape index (κ1) is 20.4. The van der Waals surface area contributed by atoms with Gasteiger partial charge < -0.3 is 9.84 Å². The molecule has 30 heavy (non-hydrogen) atoms. The second-order valence-corrected chi connectivity index (χ2v) is 7.75. The predicted octanol–water partition coefficient (Wildman–Crippen LogP) is 6.22. The van der Waals surface area contributed by atoms with Crippen LogP contribution in [0, 0.1) is 0 Å². The lowest BCUT2D eigenvalue weighted by atomic mass is 10.1. The van der Waals surface area contributed by atoms with Gasteiger partial charge in [0.2, 0.25) is 5.82 Å². The Morgan fingerprint density at radius 1 is 0.867 bits per heavy atom. The van der Waals surface area contributed by atoms with E-state index in [0.29, 0.717) is 32.0 Å². The molecule has 150 valence electrons. The molecular weight excluding hydrogens is 445 g/mol. The molecule has 0 bridgehead atoms. The van der Waals surface area contributed by atoms with Gasteiger partial charge in [-0.05, 0) is 35.9 Å². The van der Waals surface area contributed by atoms with Crippen LogP contribution in [-0.4, -0.2) is 16.0 Å². The van der Waals surface area contributed by atoms with Gasteiger partial charge in [-0.1, -0.05) is 82.4 Å². The Bertz CT molecular complexity index is 1170. The first-order valence-corrected chi connectivity index (χ1v) is 10.0. The highest BCUT2D eigenvalue weighted by Crippen LogP contribution is 2.27. The van der Waals surface area contributed by atoms with Crippen molar-refractivity contribution in [2.75, 3.05) is 0 Å². The molecule has 0 saturated heterocycles. The highest BCUT2D eigenvalue weighted by Gasteiger charge is 2.25. The van der Waals surface area contributed by atoms with Gasteiger partial charge in [-0.3, -0.25) is 4.79 Å². The SMILES string of the molecule is O=C(NC(c1cccc(Cl)c1)c1nc(-c2ccccc2)no1)c1cc(Cl)cc(Cl)c1. The molecule has 0 saturated carbocycles. The van der Waals surface area contributed by atoms with E-state index >= 15 is 0 Å². The number of hydrogen-bond acceptors (Lipinski definition) is 4.